The summed E-state index contributed by atoms with van der Waals surface area (Å²) in [6, 6.07) is 24.6. The molecule has 190 valence electrons. The molecule has 0 spiro atoms. The van der Waals surface area contributed by atoms with Crippen LogP contribution >= 0.6 is 0 Å². The summed E-state index contributed by atoms with van der Waals surface area (Å²) in [6.07, 6.45) is 4.12. The fraction of sp³-hybridized carbons (Fsp3) is 0.258. The first-order valence-electron chi connectivity index (χ1n) is 12.7. The first kappa shape index (κ1) is 25.9. The van der Waals surface area contributed by atoms with E-state index in [2.05, 4.69) is 35.8 Å². The number of benzene rings is 3. The first-order chi connectivity index (χ1) is 17.8. The molecule has 0 bridgehead atoms. The van der Waals surface area contributed by atoms with Crippen molar-refractivity contribution < 1.29 is 9.59 Å². The van der Waals surface area contributed by atoms with Crippen LogP contribution in [0, 0.1) is 17.2 Å². The highest BCUT2D eigenvalue weighted by Gasteiger charge is 2.29. The maximum Gasteiger partial charge on any atom is 0.236 e. The summed E-state index contributed by atoms with van der Waals surface area (Å²) in [5.74, 6) is -1.17. The monoisotopic (exact) mass is 494 g/mol. The molecule has 0 radical (unpaired) electrons. The maximum atomic E-state index is 13.5. The van der Waals surface area contributed by atoms with Gasteiger partial charge in [0.1, 0.15) is 11.8 Å². The summed E-state index contributed by atoms with van der Waals surface area (Å²) < 4.78 is 0. The second-order valence-electron chi connectivity index (χ2n) is 9.75. The number of carbonyl (C=O) groups is 2. The van der Waals surface area contributed by atoms with Gasteiger partial charge in [-0.15, -0.1) is 0 Å². The molecule has 0 saturated carbocycles. The summed E-state index contributed by atoms with van der Waals surface area (Å²) in [6.45, 7) is 4.17. The maximum absolute atomic E-state index is 13.5. The van der Waals surface area contributed by atoms with Gasteiger partial charge in [0.25, 0.3) is 0 Å². The summed E-state index contributed by atoms with van der Waals surface area (Å²) in [4.78, 5) is 26.9. The number of nitrogens with one attached hydrogen (secondary N) is 3. The van der Waals surface area contributed by atoms with E-state index in [0.717, 1.165) is 17.2 Å². The molecule has 0 saturated heterocycles. The largest absolute Gasteiger partial charge is 0.384 e. The number of fused-ring (bicyclic) bond motifs is 1. The van der Waals surface area contributed by atoms with Gasteiger partial charge in [0.05, 0.1) is 0 Å². The van der Waals surface area contributed by atoms with Crippen LogP contribution in [0.15, 0.2) is 78.9 Å². The Morgan fingerprint density at radius 2 is 1.65 bits per heavy atom. The van der Waals surface area contributed by atoms with Crippen molar-refractivity contribution in [2.24, 2.45) is 17.6 Å². The molecule has 3 aromatic carbocycles. The van der Waals surface area contributed by atoms with E-state index in [1.54, 1.807) is 24.3 Å². The highest BCUT2D eigenvalue weighted by molar-refractivity contribution is 6.07. The second-order valence-corrected chi connectivity index (χ2v) is 9.75. The normalized spacial score (nSPS) is 16.1. The molecule has 3 atom stereocenters. The quantitative estimate of drug-likeness (QED) is 0.208. The van der Waals surface area contributed by atoms with Crippen molar-refractivity contribution in [2.45, 2.75) is 39.2 Å². The molecule has 2 unspecified atom stereocenters. The Kier molecular flexibility index (Phi) is 8.18. The zero-order chi connectivity index (χ0) is 26.4. The third kappa shape index (κ3) is 6.53. The predicted octanol–water partition coefficient (Wildman–Crippen LogP) is 3.33. The molecule has 3 aromatic rings. The molecule has 0 aromatic heterocycles. The van der Waals surface area contributed by atoms with Gasteiger partial charge < -0.3 is 16.4 Å². The van der Waals surface area contributed by atoms with Gasteiger partial charge in [-0.3, -0.25) is 15.0 Å². The number of rotatable bonds is 9. The lowest BCUT2D eigenvalue weighted by Gasteiger charge is -2.25. The van der Waals surface area contributed by atoms with Gasteiger partial charge >= 0.3 is 0 Å². The zero-order valence-corrected chi connectivity index (χ0v) is 21.3. The number of anilines is 1. The Bertz CT molecular complexity index is 1400. The lowest BCUT2D eigenvalue weighted by Crippen LogP contribution is -2.45. The Balaban J connectivity index is 1.54. The summed E-state index contributed by atoms with van der Waals surface area (Å²) in [5.41, 5.74) is 8.92. The number of hydrogen-bond donors (Lipinski definition) is 4. The lowest BCUT2D eigenvalue weighted by atomic mass is 9.88. The van der Waals surface area contributed by atoms with Gasteiger partial charge in [0.2, 0.25) is 11.8 Å². The highest BCUT2D eigenvalue weighted by Crippen LogP contribution is 2.20. The molecule has 37 heavy (non-hydrogen) atoms. The molecule has 1 aliphatic carbocycles. The molecule has 0 heterocycles. The van der Waals surface area contributed by atoms with E-state index in [-0.39, 0.29) is 23.7 Å². The molecule has 6 nitrogen and oxygen atoms in total. The molecule has 4 rings (SSSR count). The molecule has 6 heteroatoms. The van der Waals surface area contributed by atoms with Crippen LogP contribution in [0.25, 0.3) is 11.6 Å². The van der Waals surface area contributed by atoms with E-state index >= 15 is 0 Å². The lowest BCUT2D eigenvalue weighted by molar-refractivity contribution is -0.133. The number of nitrogens with two attached hydrogens (primary N) is 1. The topological polar surface area (TPSA) is 108 Å². The molecule has 5 N–H and O–H groups in total. The van der Waals surface area contributed by atoms with Crippen LogP contribution < -0.4 is 26.8 Å². The highest BCUT2D eigenvalue weighted by atomic mass is 16.2. The number of amidine groups is 1. The van der Waals surface area contributed by atoms with Gasteiger partial charge in [-0.2, -0.15) is 0 Å². The second kappa shape index (κ2) is 11.7. The van der Waals surface area contributed by atoms with E-state index in [0.29, 0.717) is 30.0 Å². The van der Waals surface area contributed by atoms with E-state index in [1.807, 2.05) is 49.4 Å². The summed E-state index contributed by atoms with van der Waals surface area (Å²) in [7, 11) is 0. The fourth-order valence-electron chi connectivity index (χ4n) is 4.87. The third-order valence-corrected chi connectivity index (χ3v) is 6.86. The zero-order valence-electron chi connectivity index (χ0n) is 21.3. The van der Waals surface area contributed by atoms with Gasteiger partial charge in [-0.1, -0.05) is 67.6 Å². The minimum Gasteiger partial charge on any atom is -0.384 e. The van der Waals surface area contributed by atoms with Crippen LogP contribution in [-0.4, -0.2) is 23.7 Å². The van der Waals surface area contributed by atoms with Crippen LogP contribution in [0.2, 0.25) is 0 Å². The minimum absolute atomic E-state index is 0.0410. The van der Waals surface area contributed by atoms with Gasteiger partial charge in [0.15, 0.2) is 0 Å². The van der Waals surface area contributed by atoms with Crippen molar-refractivity contribution in [2.75, 3.05) is 5.32 Å². The fourth-order valence-corrected chi connectivity index (χ4v) is 4.87. The van der Waals surface area contributed by atoms with Crippen LogP contribution in [0.4, 0.5) is 5.69 Å². The predicted molar refractivity (Wildman–Crippen MR) is 149 cm³/mol. The number of carbonyl (C=O) groups excluding carboxylic acids is 2. The molecule has 0 fully saturated rings. The number of nitrogen functional groups attached to an aromatic ring is 1. The van der Waals surface area contributed by atoms with Gasteiger partial charge in [0, 0.05) is 17.3 Å². The van der Waals surface area contributed by atoms with Gasteiger partial charge in [-0.05, 0) is 77.9 Å². The van der Waals surface area contributed by atoms with Gasteiger partial charge in [-0.25, -0.2) is 0 Å². The van der Waals surface area contributed by atoms with E-state index in [9.17, 15) is 9.59 Å². The minimum atomic E-state index is -0.862. The molecular formula is C31H34N4O2. The van der Waals surface area contributed by atoms with Crippen molar-refractivity contribution >= 4 is 35.0 Å². The number of aryl methyl sites for hydroxylation is 1. The Labute approximate surface area is 217 Å². The SMILES string of the molecule is CC1C=c2ccccc2=C([C@@H](C)NC(=O)C(CCc2ccccc2)C(=O)Nc2ccc(C(=N)N)cc2)C1. The van der Waals surface area contributed by atoms with Crippen molar-refractivity contribution in [3.8, 4) is 0 Å². The first-order valence-corrected chi connectivity index (χ1v) is 12.7. The molecule has 1 aliphatic rings. The molecular weight excluding hydrogens is 460 g/mol. The summed E-state index contributed by atoms with van der Waals surface area (Å²) in [5, 5.41) is 15.9. The van der Waals surface area contributed by atoms with E-state index in [4.69, 9.17) is 11.1 Å². The molecule has 2 amide bonds. The van der Waals surface area contributed by atoms with Crippen LogP contribution in [0.3, 0.4) is 0 Å². The number of amides is 2. The van der Waals surface area contributed by atoms with E-state index in [1.165, 1.54) is 10.8 Å². The van der Waals surface area contributed by atoms with Crippen molar-refractivity contribution in [1.82, 2.24) is 5.32 Å². The summed E-state index contributed by atoms with van der Waals surface area (Å²) >= 11 is 0. The third-order valence-electron chi connectivity index (χ3n) is 6.86. The Morgan fingerprint density at radius 1 is 0.973 bits per heavy atom. The van der Waals surface area contributed by atoms with Crippen molar-refractivity contribution in [3.05, 3.63) is 100 Å². The smallest absolute Gasteiger partial charge is 0.236 e. The Hall–Kier alpha value is -4.19. The van der Waals surface area contributed by atoms with Crippen molar-refractivity contribution in [3.63, 3.8) is 0 Å². The van der Waals surface area contributed by atoms with Crippen LogP contribution in [0.5, 0.6) is 0 Å². The molecule has 0 aliphatic heterocycles. The van der Waals surface area contributed by atoms with E-state index < -0.39 is 5.92 Å². The number of hydrogen-bond acceptors (Lipinski definition) is 3. The average Bonchev–Trinajstić information content (AvgIpc) is 2.89. The van der Waals surface area contributed by atoms with Crippen molar-refractivity contribution in [1.29, 1.82) is 5.41 Å². The average molecular weight is 495 g/mol. The van der Waals surface area contributed by atoms with Crippen LogP contribution in [-0.2, 0) is 16.0 Å². The van der Waals surface area contributed by atoms with Crippen LogP contribution in [0.1, 0.15) is 37.8 Å². The Morgan fingerprint density at radius 3 is 2.35 bits per heavy atom. The standard InChI is InChI=1S/C31H34N4O2/c1-20-18-24-10-6-7-11-26(24)28(19-20)21(2)34-30(36)27(17-12-22-8-4-3-5-9-22)31(37)35-25-15-13-23(14-16-25)29(32)33/h3-11,13-16,18,20-21,27H,12,17,19H2,1-2H3,(H3,32,33)(H,34,36)(H,35,37)/t20?,21-,27?/m1/s1.